The molecule has 0 spiro atoms. The van der Waals surface area contributed by atoms with Crippen molar-refractivity contribution in [1.82, 2.24) is 9.27 Å². The molecule has 0 fully saturated rings. The van der Waals surface area contributed by atoms with Crippen LogP contribution < -0.4 is 21.3 Å². The summed E-state index contributed by atoms with van der Waals surface area (Å²) in [6.07, 6.45) is 0. The van der Waals surface area contributed by atoms with Crippen molar-refractivity contribution < 1.29 is 4.74 Å². The van der Waals surface area contributed by atoms with Gasteiger partial charge in [0, 0.05) is 23.3 Å². The predicted octanol–water partition coefficient (Wildman–Crippen LogP) is 4.55. The molecule has 0 amide bonds. The Balaban J connectivity index is 1.73. The summed E-state index contributed by atoms with van der Waals surface area (Å²) < 4.78 is 8.48. The van der Waals surface area contributed by atoms with Gasteiger partial charge in [0.2, 0.25) is 0 Å². The molecule has 4 N–H and O–H groups in total. The number of rotatable bonds is 8. The molecule has 0 radical (unpaired) electrons. The van der Waals surface area contributed by atoms with E-state index in [0.29, 0.717) is 38.7 Å². The summed E-state index contributed by atoms with van der Waals surface area (Å²) in [7, 11) is 3.90. The number of ether oxygens (including phenoxy) is 1. The minimum atomic E-state index is -0.274. The lowest BCUT2D eigenvalue weighted by Gasteiger charge is -2.10. The quantitative estimate of drug-likeness (QED) is 0.335. The van der Waals surface area contributed by atoms with Gasteiger partial charge >= 0.3 is 0 Å². The van der Waals surface area contributed by atoms with Crippen LogP contribution in [0, 0.1) is 0 Å². The largest absolute Gasteiger partial charge is 0.456 e. The van der Waals surface area contributed by atoms with Gasteiger partial charge in [-0.05, 0) is 62.0 Å². The number of likely N-dealkylation sites (N-methyl/N-ethyl adjacent to an activating group) is 1. The Morgan fingerprint density at radius 2 is 1.97 bits per heavy atom. The summed E-state index contributed by atoms with van der Waals surface area (Å²) in [5, 5.41) is 4.79. The molecule has 1 aromatic heterocycles. The maximum atomic E-state index is 12.2. The topological polar surface area (TPSA) is 95.7 Å². The molecule has 30 heavy (non-hydrogen) atoms. The van der Waals surface area contributed by atoms with E-state index in [1.54, 1.807) is 30.3 Å². The molecular weight excluding hydrogens is 445 g/mol. The fourth-order valence-electron chi connectivity index (χ4n) is 2.49. The smallest absolute Gasteiger partial charge is 0.271 e. The number of nitrogens with two attached hydrogens (primary N) is 1. The van der Waals surface area contributed by atoms with E-state index in [1.165, 1.54) is 11.5 Å². The molecule has 10 heteroatoms. The standard InChI is InChI=1S/C20H21Cl2N5O2S/c1-27(2)10-9-24-18(23)17-19(28)26-30-20(17)25-13-4-6-14(7-5-13)29-16-11-12(21)3-8-15(16)22/h3-8,11,25H,9-10H2,1-2H3,(H2,23,24)(H,26,28). The van der Waals surface area contributed by atoms with Crippen molar-refractivity contribution in [2.75, 3.05) is 32.5 Å². The van der Waals surface area contributed by atoms with Gasteiger partial charge in [-0.1, -0.05) is 23.2 Å². The van der Waals surface area contributed by atoms with E-state index in [1.807, 2.05) is 31.1 Å². The van der Waals surface area contributed by atoms with E-state index < -0.39 is 0 Å². The van der Waals surface area contributed by atoms with Crippen molar-refractivity contribution in [1.29, 1.82) is 0 Å². The first-order valence-electron chi connectivity index (χ1n) is 9.00. The molecule has 0 saturated heterocycles. The van der Waals surface area contributed by atoms with Gasteiger partial charge in [-0.25, -0.2) is 0 Å². The highest BCUT2D eigenvalue weighted by molar-refractivity contribution is 7.10. The number of aliphatic imine (C=N–C) groups is 1. The lowest BCUT2D eigenvalue weighted by molar-refractivity contribution is 0.420. The highest BCUT2D eigenvalue weighted by atomic mass is 35.5. The van der Waals surface area contributed by atoms with Crippen LogP contribution in [0.3, 0.4) is 0 Å². The zero-order valence-corrected chi connectivity index (χ0v) is 18.7. The number of H-pyrrole nitrogens is 1. The molecule has 7 nitrogen and oxygen atoms in total. The number of anilines is 2. The number of nitrogens with zero attached hydrogens (tertiary/aromatic N) is 2. The molecule has 0 unspecified atom stereocenters. The number of amidine groups is 1. The van der Waals surface area contributed by atoms with E-state index in [9.17, 15) is 4.79 Å². The van der Waals surface area contributed by atoms with Crippen LogP contribution in [0.15, 0.2) is 52.3 Å². The van der Waals surface area contributed by atoms with Gasteiger partial charge in [-0.15, -0.1) is 0 Å². The summed E-state index contributed by atoms with van der Waals surface area (Å²) in [5.41, 5.74) is 6.88. The van der Waals surface area contributed by atoms with Gasteiger partial charge in [0.05, 0.1) is 11.6 Å². The summed E-state index contributed by atoms with van der Waals surface area (Å²) in [6, 6.07) is 12.2. The lowest BCUT2D eigenvalue weighted by atomic mass is 10.2. The molecule has 0 aliphatic carbocycles. The normalized spacial score (nSPS) is 11.7. The van der Waals surface area contributed by atoms with Crippen molar-refractivity contribution >= 4 is 51.3 Å². The Bertz CT molecular complexity index is 1090. The van der Waals surface area contributed by atoms with Crippen molar-refractivity contribution in [3.63, 3.8) is 0 Å². The van der Waals surface area contributed by atoms with Crippen LogP contribution >= 0.6 is 34.7 Å². The molecule has 2 aromatic carbocycles. The highest BCUT2D eigenvalue weighted by Gasteiger charge is 2.15. The summed E-state index contributed by atoms with van der Waals surface area (Å²) in [5.74, 6) is 1.27. The fourth-order valence-corrected chi connectivity index (χ4v) is 3.58. The van der Waals surface area contributed by atoms with Crippen LogP contribution in [0.25, 0.3) is 0 Å². The van der Waals surface area contributed by atoms with Gasteiger partial charge in [-0.2, -0.15) is 0 Å². The SMILES string of the molecule is CN(C)CCN=C(N)c1c(Nc2ccc(Oc3cc(Cl)ccc3Cl)cc2)s[nH]c1=O. The molecule has 0 saturated carbocycles. The average molecular weight is 466 g/mol. The van der Waals surface area contributed by atoms with Crippen LogP contribution in [-0.4, -0.2) is 42.3 Å². The monoisotopic (exact) mass is 465 g/mol. The summed E-state index contributed by atoms with van der Waals surface area (Å²) in [6.45, 7) is 1.25. The average Bonchev–Trinajstić information content (AvgIpc) is 3.06. The Kier molecular flexibility index (Phi) is 7.38. The first kappa shape index (κ1) is 22.2. The molecule has 0 aliphatic rings. The van der Waals surface area contributed by atoms with Gasteiger partial charge in [0.1, 0.15) is 27.9 Å². The molecule has 0 atom stereocenters. The Labute approximate surface area is 188 Å². The number of nitrogens with one attached hydrogen (secondary N) is 2. The van der Waals surface area contributed by atoms with Crippen molar-refractivity contribution in [2.24, 2.45) is 10.7 Å². The zero-order valence-electron chi connectivity index (χ0n) is 16.4. The summed E-state index contributed by atoms with van der Waals surface area (Å²) in [4.78, 5) is 18.5. The number of aromatic nitrogens is 1. The second-order valence-corrected chi connectivity index (χ2v) is 8.29. The van der Waals surface area contributed by atoms with Crippen molar-refractivity contribution in [2.45, 2.75) is 0 Å². The first-order valence-corrected chi connectivity index (χ1v) is 10.6. The maximum absolute atomic E-state index is 12.2. The molecule has 158 valence electrons. The number of aromatic amines is 1. The number of hydrogen-bond donors (Lipinski definition) is 3. The maximum Gasteiger partial charge on any atom is 0.271 e. The van der Waals surface area contributed by atoms with Gasteiger partial charge in [0.15, 0.2) is 0 Å². The zero-order chi connectivity index (χ0) is 21.7. The predicted molar refractivity (Wildman–Crippen MR) is 125 cm³/mol. The van der Waals surface area contributed by atoms with Crippen molar-refractivity contribution in [3.8, 4) is 11.5 Å². The molecule has 0 bridgehead atoms. The van der Waals surface area contributed by atoms with Crippen LogP contribution in [0.2, 0.25) is 10.0 Å². The van der Waals surface area contributed by atoms with Crippen LogP contribution in [0.4, 0.5) is 10.7 Å². The molecule has 0 aliphatic heterocycles. The second-order valence-electron chi connectivity index (χ2n) is 6.63. The number of halogens is 2. The van der Waals surface area contributed by atoms with E-state index in [2.05, 4.69) is 14.7 Å². The van der Waals surface area contributed by atoms with Gasteiger partial charge in [-0.3, -0.25) is 14.2 Å². The summed E-state index contributed by atoms with van der Waals surface area (Å²) >= 11 is 13.3. The van der Waals surface area contributed by atoms with Crippen LogP contribution in [-0.2, 0) is 0 Å². The van der Waals surface area contributed by atoms with Crippen LogP contribution in [0.1, 0.15) is 5.56 Å². The van der Waals surface area contributed by atoms with Crippen LogP contribution in [0.5, 0.6) is 11.5 Å². The third-order valence-corrected chi connectivity index (χ3v) is 5.36. The van der Waals surface area contributed by atoms with E-state index >= 15 is 0 Å². The minimum Gasteiger partial charge on any atom is -0.456 e. The van der Waals surface area contributed by atoms with Gasteiger partial charge in [0.25, 0.3) is 5.56 Å². The Hall–Kier alpha value is -2.52. The van der Waals surface area contributed by atoms with Crippen molar-refractivity contribution in [3.05, 3.63) is 68.4 Å². The fraction of sp³-hybridized carbons (Fsp3) is 0.200. The molecular formula is C20H21Cl2N5O2S. The molecule has 3 rings (SSSR count). The second kappa shape index (κ2) is 9.99. The van der Waals surface area contributed by atoms with Gasteiger partial charge < -0.3 is 20.7 Å². The first-order chi connectivity index (χ1) is 14.3. The third kappa shape index (κ3) is 5.76. The Morgan fingerprint density at radius 3 is 2.67 bits per heavy atom. The number of benzene rings is 2. The van der Waals surface area contributed by atoms with E-state index in [0.717, 1.165) is 12.2 Å². The van der Waals surface area contributed by atoms with E-state index in [-0.39, 0.29) is 11.4 Å². The van der Waals surface area contributed by atoms with E-state index in [4.69, 9.17) is 33.7 Å². The third-order valence-electron chi connectivity index (χ3n) is 4.02. The molecule has 3 aromatic rings. The Morgan fingerprint density at radius 1 is 1.23 bits per heavy atom. The molecule has 1 heterocycles. The minimum absolute atomic E-state index is 0.206. The lowest BCUT2D eigenvalue weighted by Crippen LogP contribution is -2.24. The number of hydrogen-bond acceptors (Lipinski definition) is 6. The highest BCUT2D eigenvalue weighted by Crippen LogP contribution is 2.32.